The molecule has 0 aliphatic carbocycles. The first kappa shape index (κ1) is 21.5. The van der Waals surface area contributed by atoms with Gasteiger partial charge in [0.2, 0.25) is 5.82 Å². The molecule has 0 aliphatic rings. The summed E-state index contributed by atoms with van der Waals surface area (Å²) in [5.74, 6) is -2.06. The first-order valence-corrected chi connectivity index (χ1v) is 9.99. The Hall–Kier alpha value is -4.17. The number of nitriles is 1. The zero-order valence-corrected chi connectivity index (χ0v) is 16.9. The second-order valence-electron chi connectivity index (χ2n) is 6.04. The number of carboxylic acids is 1. The summed E-state index contributed by atoms with van der Waals surface area (Å²) < 4.78 is 5.56. The van der Waals surface area contributed by atoms with Gasteiger partial charge in [0.05, 0.1) is 16.6 Å². The van der Waals surface area contributed by atoms with Gasteiger partial charge in [0.25, 0.3) is 0 Å². The van der Waals surface area contributed by atoms with Gasteiger partial charge in [0.1, 0.15) is 11.3 Å². The zero-order valence-electron chi connectivity index (χ0n) is 16.1. The topological polar surface area (TPSA) is 151 Å². The van der Waals surface area contributed by atoms with Crippen LogP contribution in [0.15, 0.2) is 53.7 Å². The van der Waals surface area contributed by atoms with E-state index in [0.29, 0.717) is 0 Å². The quantitative estimate of drug-likeness (QED) is 0.228. The highest BCUT2D eigenvalue weighted by Gasteiger charge is 2.28. The number of carboxylic acid groups (broad SMARTS) is 1. The number of hydrogen-bond acceptors (Lipinski definition) is 9. The summed E-state index contributed by atoms with van der Waals surface area (Å²) in [7, 11) is 0. The van der Waals surface area contributed by atoms with Crippen molar-refractivity contribution in [1.29, 1.82) is 5.26 Å². The highest BCUT2D eigenvalue weighted by Crippen LogP contribution is 2.37. The molecule has 0 unspecified atom stereocenters. The van der Waals surface area contributed by atoms with Crippen molar-refractivity contribution in [2.75, 3.05) is 11.6 Å². The first-order valence-electron chi connectivity index (χ1n) is 8.76. The van der Waals surface area contributed by atoms with Crippen molar-refractivity contribution < 1.29 is 19.6 Å². The number of benzene rings is 2. The Balaban J connectivity index is 2.07. The average Bonchev–Trinajstić information content (AvgIpc) is 2.77. The molecule has 156 valence electrons. The molecule has 0 saturated heterocycles. The summed E-state index contributed by atoms with van der Waals surface area (Å²) in [5, 5.41) is 33.4. The van der Waals surface area contributed by atoms with Gasteiger partial charge < -0.3 is 15.2 Å². The highest BCUT2D eigenvalue weighted by atomic mass is 32.2. The molecule has 0 aliphatic heterocycles. The van der Waals surface area contributed by atoms with Gasteiger partial charge in [-0.05, 0) is 30.0 Å². The normalized spacial score (nSPS) is 10.2. The lowest BCUT2D eigenvalue weighted by Gasteiger charge is -2.12. The molecule has 10 nitrogen and oxygen atoms in total. The van der Waals surface area contributed by atoms with Gasteiger partial charge in [-0.2, -0.15) is 15.2 Å². The van der Waals surface area contributed by atoms with Crippen LogP contribution in [0.25, 0.3) is 0 Å². The second-order valence-corrected chi connectivity index (χ2v) is 6.81. The third-order valence-electron chi connectivity index (χ3n) is 4.05. The highest BCUT2D eigenvalue weighted by molar-refractivity contribution is 7.98. The van der Waals surface area contributed by atoms with Crippen LogP contribution in [0.3, 0.4) is 0 Å². The van der Waals surface area contributed by atoms with E-state index in [0.717, 1.165) is 17.3 Å². The minimum Gasteiger partial charge on any atom is -0.478 e. The van der Waals surface area contributed by atoms with Crippen LogP contribution in [0, 0.1) is 21.4 Å². The van der Waals surface area contributed by atoms with Crippen LogP contribution in [0.2, 0.25) is 0 Å². The monoisotopic (exact) mass is 437 g/mol. The number of aromatic carboxylic acids is 1. The van der Waals surface area contributed by atoms with Crippen molar-refractivity contribution in [2.24, 2.45) is 0 Å². The predicted octanol–water partition coefficient (Wildman–Crippen LogP) is 4.08. The third kappa shape index (κ3) is 5.06. The van der Waals surface area contributed by atoms with Crippen LogP contribution in [0.5, 0.6) is 11.6 Å². The largest absolute Gasteiger partial charge is 0.478 e. The van der Waals surface area contributed by atoms with Gasteiger partial charge in [-0.1, -0.05) is 42.1 Å². The Labute approximate surface area is 180 Å². The lowest BCUT2D eigenvalue weighted by atomic mass is 10.1. The molecule has 1 heterocycles. The van der Waals surface area contributed by atoms with Crippen molar-refractivity contribution in [3.63, 3.8) is 0 Å². The number of thioether (sulfide) groups is 1. The Morgan fingerprint density at radius 3 is 2.65 bits per heavy atom. The number of nitrogens with zero attached hydrogens (tertiary/aromatic N) is 4. The number of rotatable bonds is 8. The van der Waals surface area contributed by atoms with Gasteiger partial charge in [-0.3, -0.25) is 10.1 Å². The maximum atomic E-state index is 11.8. The molecular weight excluding hydrogens is 422 g/mol. The molecular formula is C20H15N5O5S. The van der Waals surface area contributed by atoms with Crippen molar-refractivity contribution in [3.05, 3.63) is 75.3 Å². The molecule has 2 N–H and O–H groups in total. The van der Waals surface area contributed by atoms with E-state index in [1.807, 2.05) is 36.4 Å². The number of carbonyl (C=O) groups is 1. The summed E-state index contributed by atoms with van der Waals surface area (Å²) in [6.07, 6.45) is 1.69. The van der Waals surface area contributed by atoms with Crippen molar-refractivity contribution in [2.45, 2.75) is 11.7 Å². The van der Waals surface area contributed by atoms with Crippen LogP contribution in [-0.2, 0) is 6.54 Å². The number of ether oxygens (including phenoxy) is 1. The van der Waals surface area contributed by atoms with E-state index in [9.17, 15) is 20.0 Å². The molecule has 0 fully saturated rings. The van der Waals surface area contributed by atoms with E-state index in [1.165, 1.54) is 18.2 Å². The number of aromatic nitrogens is 2. The average molecular weight is 437 g/mol. The molecule has 0 atom stereocenters. The summed E-state index contributed by atoms with van der Waals surface area (Å²) in [6.45, 7) is 0.260. The minimum atomic E-state index is -1.32. The van der Waals surface area contributed by atoms with Gasteiger partial charge in [0.15, 0.2) is 5.16 Å². The van der Waals surface area contributed by atoms with E-state index < -0.39 is 22.5 Å². The standard InChI is InChI=1S/C20H15N5O5S/c1-31-20-23-17(22-11-12-5-3-2-4-6-12)16(25(28)29)18(24-20)30-15-9-13(10-21)7-8-14(15)19(26)27/h2-9H,11H2,1H3,(H,26,27)(H,22,23,24). The van der Waals surface area contributed by atoms with Crippen LogP contribution in [-0.4, -0.2) is 32.2 Å². The van der Waals surface area contributed by atoms with Crippen molar-refractivity contribution in [3.8, 4) is 17.7 Å². The maximum Gasteiger partial charge on any atom is 0.373 e. The molecule has 1 aromatic heterocycles. The fourth-order valence-corrected chi connectivity index (χ4v) is 2.96. The predicted molar refractivity (Wildman–Crippen MR) is 112 cm³/mol. The first-order chi connectivity index (χ1) is 14.9. The number of nitro groups is 1. The number of hydrogen-bond donors (Lipinski definition) is 2. The van der Waals surface area contributed by atoms with Gasteiger partial charge in [-0.25, -0.2) is 4.79 Å². The lowest BCUT2D eigenvalue weighted by Crippen LogP contribution is -2.09. The van der Waals surface area contributed by atoms with Gasteiger partial charge in [-0.15, -0.1) is 0 Å². The van der Waals surface area contributed by atoms with Crippen LogP contribution >= 0.6 is 11.8 Å². The fourth-order valence-electron chi connectivity index (χ4n) is 2.60. The number of nitrogens with one attached hydrogen (secondary N) is 1. The maximum absolute atomic E-state index is 11.8. The Kier molecular flexibility index (Phi) is 6.64. The molecule has 0 radical (unpaired) electrons. The summed E-state index contributed by atoms with van der Waals surface area (Å²) in [6, 6.07) is 14.8. The molecule has 2 aromatic carbocycles. The molecule has 3 rings (SSSR count). The molecule has 31 heavy (non-hydrogen) atoms. The van der Waals surface area contributed by atoms with Gasteiger partial charge >= 0.3 is 17.5 Å². The van der Waals surface area contributed by atoms with E-state index >= 15 is 0 Å². The summed E-state index contributed by atoms with van der Waals surface area (Å²) in [5.41, 5.74) is 0.187. The smallest absolute Gasteiger partial charge is 0.373 e. The van der Waals surface area contributed by atoms with E-state index in [2.05, 4.69) is 15.3 Å². The molecule has 0 bridgehead atoms. The zero-order chi connectivity index (χ0) is 22.4. The molecule has 0 spiro atoms. The third-order valence-corrected chi connectivity index (χ3v) is 4.59. The molecule has 0 amide bonds. The molecule has 3 aromatic rings. The molecule has 11 heteroatoms. The molecule has 0 saturated carbocycles. The van der Waals surface area contributed by atoms with Crippen molar-refractivity contribution >= 4 is 29.2 Å². The van der Waals surface area contributed by atoms with Crippen LogP contribution < -0.4 is 10.1 Å². The van der Waals surface area contributed by atoms with Crippen LogP contribution in [0.4, 0.5) is 11.5 Å². The Morgan fingerprint density at radius 1 is 1.29 bits per heavy atom. The Morgan fingerprint density at radius 2 is 2.03 bits per heavy atom. The van der Waals surface area contributed by atoms with Crippen LogP contribution in [0.1, 0.15) is 21.5 Å². The van der Waals surface area contributed by atoms with Crippen molar-refractivity contribution in [1.82, 2.24) is 9.97 Å². The van der Waals surface area contributed by atoms with E-state index in [-0.39, 0.29) is 34.4 Å². The van der Waals surface area contributed by atoms with Gasteiger partial charge in [0, 0.05) is 6.54 Å². The second kappa shape index (κ2) is 9.55. The lowest BCUT2D eigenvalue weighted by molar-refractivity contribution is -0.385. The van der Waals surface area contributed by atoms with E-state index in [4.69, 9.17) is 10.00 Å². The summed E-state index contributed by atoms with van der Waals surface area (Å²) in [4.78, 5) is 30.9. The summed E-state index contributed by atoms with van der Waals surface area (Å²) >= 11 is 1.13. The van der Waals surface area contributed by atoms with E-state index in [1.54, 1.807) is 6.26 Å². The SMILES string of the molecule is CSc1nc(NCc2ccccc2)c([N+](=O)[O-])c(Oc2cc(C#N)ccc2C(=O)O)n1. The fraction of sp³-hybridized carbons (Fsp3) is 0.100. The Bertz CT molecular complexity index is 1180. The minimum absolute atomic E-state index is 0.0727. The number of anilines is 1.